The maximum absolute atomic E-state index is 12.0. The predicted octanol–water partition coefficient (Wildman–Crippen LogP) is 2.22. The van der Waals surface area contributed by atoms with E-state index < -0.39 is 0 Å². The molecule has 0 aromatic carbocycles. The van der Waals surface area contributed by atoms with Crippen LogP contribution >= 0.6 is 35.3 Å². The van der Waals surface area contributed by atoms with Gasteiger partial charge in [-0.1, -0.05) is 6.92 Å². The monoisotopic (exact) mass is 436 g/mol. The second-order valence-corrected chi connectivity index (χ2v) is 6.34. The minimum Gasteiger partial charge on any atom is -0.352 e. The summed E-state index contributed by atoms with van der Waals surface area (Å²) in [5, 5.41) is 6.34. The molecular formula is C15H25IN4OS. The molecule has 0 aliphatic carbocycles. The van der Waals surface area contributed by atoms with Crippen LogP contribution in [0, 0.1) is 0 Å². The lowest BCUT2D eigenvalue weighted by Crippen LogP contribution is -2.43. The lowest BCUT2D eigenvalue weighted by atomic mass is 10.3. The largest absolute Gasteiger partial charge is 0.352 e. The highest BCUT2D eigenvalue weighted by Gasteiger charge is 2.17. The number of hydrogen-bond acceptors (Lipinski definition) is 3. The number of aliphatic imine (C=N–C) groups is 1. The van der Waals surface area contributed by atoms with E-state index in [-0.39, 0.29) is 29.9 Å². The number of carbonyl (C=O) groups excluding carboxylic acids is 1. The van der Waals surface area contributed by atoms with E-state index in [2.05, 4.69) is 34.7 Å². The van der Waals surface area contributed by atoms with Crippen LogP contribution in [0.25, 0.3) is 0 Å². The second kappa shape index (κ2) is 10.0. The molecule has 1 fully saturated rings. The lowest BCUT2D eigenvalue weighted by molar-refractivity contribution is -0.128. The number of amides is 1. The zero-order chi connectivity index (χ0) is 15.1. The number of thiophene rings is 1. The van der Waals surface area contributed by atoms with Crippen molar-refractivity contribution in [2.24, 2.45) is 4.99 Å². The van der Waals surface area contributed by atoms with E-state index >= 15 is 0 Å². The number of guanidine groups is 1. The van der Waals surface area contributed by atoms with Crippen LogP contribution in [0.4, 0.5) is 0 Å². The van der Waals surface area contributed by atoms with Crippen molar-refractivity contribution in [1.29, 1.82) is 0 Å². The van der Waals surface area contributed by atoms with Crippen LogP contribution in [0.3, 0.4) is 0 Å². The van der Waals surface area contributed by atoms with Crippen LogP contribution < -0.4 is 10.6 Å². The first kappa shape index (κ1) is 19.2. The molecule has 5 nitrogen and oxygen atoms in total. The molecule has 0 unspecified atom stereocenters. The lowest BCUT2D eigenvalue weighted by Gasteiger charge is -2.17. The third-order valence-corrected chi connectivity index (χ3v) is 4.81. The van der Waals surface area contributed by atoms with Gasteiger partial charge in [-0.05, 0) is 31.4 Å². The van der Waals surface area contributed by atoms with Crippen molar-refractivity contribution in [2.75, 3.05) is 26.7 Å². The number of carbonyl (C=O) groups is 1. The molecule has 7 heteroatoms. The molecule has 1 amide bonds. The molecule has 0 atom stereocenters. The topological polar surface area (TPSA) is 56.7 Å². The van der Waals surface area contributed by atoms with Gasteiger partial charge in [-0.25, -0.2) is 0 Å². The van der Waals surface area contributed by atoms with Gasteiger partial charge in [0.1, 0.15) is 0 Å². The Morgan fingerprint density at radius 2 is 1.95 bits per heavy atom. The van der Waals surface area contributed by atoms with Crippen LogP contribution in [-0.2, 0) is 17.8 Å². The summed E-state index contributed by atoms with van der Waals surface area (Å²) in [6.45, 7) is 4.99. The van der Waals surface area contributed by atoms with Gasteiger partial charge >= 0.3 is 0 Å². The van der Waals surface area contributed by atoms with Gasteiger partial charge in [0.05, 0.1) is 13.1 Å². The Kier molecular flexibility index (Phi) is 8.77. The predicted molar refractivity (Wildman–Crippen MR) is 103 cm³/mol. The first-order chi connectivity index (χ1) is 10.2. The molecule has 0 spiro atoms. The fourth-order valence-corrected chi connectivity index (χ4v) is 3.23. The molecule has 0 bridgehead atoms. The van der Waals surface area contributed by atoms with Gasteiger partial charge in [0.15, 0.2) is 5.96 Å². The van der Waals surface area contributed by atoms with Gasteiger partial charge in [-0.2, -0.15) is 0 Å². The summed E-state index contributed by atoms with van der Waals surface area (Å²) in [7, 11) is 1.72. The molecule has 1 aliphatic heterocycles. The van der Waals surface area contributed by atoms with Crippen LogP contribution in [-0.4, -0.2) is 43.4 Å². The number of nitrogens with one attached hydrogen (secondary N) is 2. The van der Waals surface area contributed by atoms with Gasteiger partial charge in [-0.3, -0.25) is 9.79 Å². The van der Waals surface area contributed by atoms with Crippen molar-refractivity contribution < 1.29 is 4.79 Å². The van der Waals surface area contributed by atoms with Gasteiger partial charge in [-0.15, -0.1) is 35.3 Å². The van der Waals surface area contributed by atoms with E-state index in [4.69, 9.17) is 0 Å². The summed E-state index contributed by atoms with van der Waals surface area (Å²) in [6, 6.07) is 4.30. The summed E-state index contributed by atoms with van der Waals surface area (Å²) in [4.78, 5) is 20.7. The SMILES string of the molecule is CCc1ccc(CNC(=NC)NCC(=O)N2CCCC2)s1.I. The molecule has 1 aromatic rings. The van der Waals surface area contributed by atoms with E-state index in [0.717, 1.165) is 38.9 Å². The third-order valence-electron chi connectivity index (χ3n) is 3.59. The van der Waals surface area contributed by atoms with Crippen molar-refractivity contribution in [3.05, 3.63) is 21.9 Å². The van der Waals surface area contributed by atoms with E-state index in [1.807, 2.05) is 16.2 Å². The first-order valence-electron chi connectivity index (χ1n) is 7.52. The normalized spacial score (nSPS) is 14.6. The molecule has 124 valence electrons. The number of nitrogens with zero attached hydrogens (tertiary/aromatic N) is 2. The average Bonchev–Trinajstić information content (AvgIpc) is 3.18. The Morgan fingerprint density at radius 1 is 1.27 bits per heavy atom. The van der Waals surface area contributed by atoms with Crippen LogP contribution in [0.2, 0.25) is 0 Å². The molecule has 1 aliphatic rings. The van der Waals surface area contributed by atoms with E-state index in [9.17, 15) is 4.79 Å². The van der Waals surface area contributed by atoms with Crippen LogP contribution in [0.1, 0.15) is 29.5 Å². The Bertz CT molecular complexity index is 497. The molecule has 2 N–H and O–H groups in total. The average molecular weight is 436 g/mol. The second-order valence-electron chi connectivity index (χ2n) is 5.09. The number of likely N-dealkylation sites (tertiary alicyclic amines) is 1. The molecule has 2 rings (SSSR count). The smallest absolute Gasteiger partial charge is 0.241 e. The maximum atomic E-state index is 12.0. The molecule has 2 heterocycles. The Morgan fingerprint density at radius 3 is 2.55 bits per heavy atom. The fraction of sp³-hybridized carbons (Fsp3) is 0.600. The molecular weight excluding hydrogens is 411 g/mol. The number of rotatable bonds is 5. The van der Waals surface area contributed by atoms with E-state index in [1.165, 1.54) is 9.75 Å². The first-order valence-corrected chi connectivity index (χ1v) is 8.34. The van der Waals surface area contributed by atoms with Gasteiger partial charge in [0, 0.05) is 29.9 Å². The third kappa shape index (κ3) is 5.75. The van der Waals surface area contributed by atoms with Crippen molar-refractivity contribution in [3.63, 3.8) is 0 Å². The highest BCUT2D eigenvalue weighted by Crippen LogP contribution is 2.16. The minimum absolute atomic E-state index is 0. The summed E-state index contributed by atoms with van der Waals surface area (Å²) in [6.07, 6.45) is 3.32. The molecule has 22 heavy (non-hydrogen) atoms. The van der Waals surface area contributed by atoms with Crippen LogP contribution in [0.15, 0.2) is 17.1 Å². The Hall–Kier alpha value is -0.830. The molecule has 1 saturated heterocycles. The van der Waals surface area contributed by atoms with Gasteiger partial charge in [0.2, 0.25) is 5.91 Å². The van der Waals surface area contributed by atoms with E-state index in [1.54, 1.807) is 7.05 Å². The van der Waals surface area contributed by atoms with Crippen LogP contribution in [0.5, 0.6) is 0 Å². The molecule has 0 saturated carbocycles. The Labute approximate surface area is 153 Å². The zero-order valence-corrected chi connectivity index (χ0v) is 16.4. The summed E-state index contributed by atoms with van der Waals surface area (Å²) in [5.41, 5.74) is 0. The maximum Gasteiger partial charge on any atom is 0.241 e. The quantitative estimate of drug-likeness (QED) is 0.423. The highest BCUT2D eigenvalue weighted by atomic mass is 127. The van der Waals surface area contributed by atoms with Crippen molar-refractivity contribution in [2.45, 2.75) is 32.7 Å². The minimum atomic E-state index is 0. The number of aryl methyl sites for hydroxylation is 1. The standard InChI is InChI=1S/C15H24N4OS.HI/c1-3-12-6-7-13(21-12)10-17-15(16-2)18-11-14(20)19-8-4-5-9-19;/h6-7H,3-5,8-11H2,1-2H3,(H2,16,17,18);1H. The van der Waals surface area contributed by atoms with Crippen molar-refractivity contribution in [1.82, 2.24) is 15.5 Å². The number of hydrogen-bond donors (Lipinski definition) is 2. The molecule has 0 radical (unpaired) electrons. The van der Waals surface area contributed by atoms with Crippen molar-refractivity contribution in [3.8, 4) is 0 Å². The highest BCUT2D eigenvalue weighted by molar-refractivity contribution is 14.0. The van der Waals surface area contributed by atoms with Gasteiger partial charge in [0.25, 0.3) is 0 Å². The zero-order valence-electron chi connectivity index (χ0n) is 13.2. The van der Waals surface area contributed by atoms with Crippen molar-refractivity contribution >= 4 is 47.2 Å². The van der Waals surface area contributed by atoms with Gasteiger partial charge < -0.3 is 15.5 Å². The van der Waals surface area contributed by atoms with E-state index in [0.29, 0.717) is 12.5 Å². The summed E-state index contributed by atoms with van der Waals surface area (Å²) >= 11 is 1.81. The fourth-order valence-electron chi connectivity index (χ4n) is 2.34. The summed E-state index contributed by atoms with van der Waals surface area (Å²) in [5.74, 6) is 0.828. The summed E-state index contributed by atoms with van der Waals surface area (Å²) < 4.78 is 0. The Balaban J connectivity index is 0.00000242. The molecule has 1 aromatic heterocycles. The number of halogens is 1.